The highest BCUT2D eigenvalue weighted by atomic mass is 16.6. The van der Waals surface area contributed by atoms with Crippen LogP contribution in [-0.4, -0.2) is 16.8 Å². The Morgan fingerprint density at radius 2 is 2.00 bits per heavy atom. The van der Waals surface area contributed by atoms with Gasteiger partial charge in [0.15, 0.2) is 0 Å². The summed E-state index contributed by atoms with van der Waals surface area (Å²) in [6.07, 6.45) is 12.1. The molecule has 0 aliphatic carbocycles. The van der Waals surface area contributed by atoms with E-state index >= 15 is 0 Å². The van der Waals surface area contributed by atoms with Gasteiger partial charge < -0.3 is 4.84 Å². The number of pyridine rings is 1. The van der Waals surface area contributed by atoms with Gasteiger partial charge in [0.1, 0.15) is 11.8 Å². The molecule has 1 unspecified atom stereocenters. The summed E-state index contributed by atoms with van der Waals surface area (Å²) in [6.45, 7) is 2.25. The van der Waals surface area contributed by atoms with Crippen LogP contribution in [0.1, 0.15) is 64.0 Å². The SMILES string of the molecule is CCCCCCCCC1CC(c2ccccn2)=NO1. The summed E-state index contributed by atoms with van der Waals surface area (Å²) in [7, 11) is 0. The van der Waals surface area contributed by atoms with Crippen LogP contribution in [0.2, 0.25) is 0 Å². The van der Waals surface area contributed by atoms with E-state index in [-0.39, 0.29) is 6.10 Å². The van der Waals surface area contributed by atoms with Crippen LogP contribution in [0.25, 0.3) is 0 Å². The summed E-state index contributed by atoms with van der Waals surface area (Å²) in [5, 5.41) is 4.17. The molecule has 0 radical (unpaired) electrons. The van der Waals surface area contributed by atoms with Crippen molar-refractivity contribution in [3.8, 4) is 0 Å². The molecule has 1 aliphatic heterocycles. The van der Waals surface area contributed by atoms with Gasteiger partial charge in [-0.3, -0.25) is 4.98 Å². The largest absolute Gasteiger partial charge is 0.392 e. The predicted molar refractivity (Wildman–Crippen MR) is 78.3 cm³/mol. The summed E-state index contributed by atoms with van der Waals surface area (Å²) < 4.78 is 0. The first-order chi connectivity index (χ1) is 9.40. The number of nitrogens with zero attached hydrogens (tertiary/aromatic N) is 2. The maximum Gasteiger partial charge on any atom is 0.133 e. The van der Waals surface area contributed by atoms with Crippen molar-refractivity contribution in [1.29, 1.82) is 0 Å². The fourth-order valence-electron chi connectivity index (χ4n) is 2.42. The van der Waals surface area contributed by atoms with Crippen LogP contribution < -0.4 is 0 Å². The minimum absolute atomic E-state index is 0.267. The topological polar surface area (TPSA) is 34.5 Å². The van der Waals surface area contributed by atoms with Gasteiger partial charge in [0.25, 0.3) is 0 Å². The standard InChI is InChI=1S/C16H24N2O/c1-2-3-4-5-6-7-10-14-13-16(18-19-14)15-11-8-9-12-17-15/h8-9,11-12,14H,2-7,10,13H2,1H3. The van der Waals surface area contributed by atoms with Crippen LogP contribution in [-0.2, 0) is 4.84 Å². The van der Waals surface area contributed by atoms with Crippen molar-refractivity contribution < 1.29 is 4.84 Å². The van der Waals surface area contributed by atoms with Crippen molar-refractivity contribution in [3.05, 3.63) is 30.1 Å². The van der Waals surface area contributed by atoms with Gasteiger partial charge in [-0.05, 0) is 25.0 Å². The maximum absolute atomic E-state index is 5.50. The number of oxime groups is 1. The third-order valence-corrected chi connectivity index (χ3v) is 3.57. The van der Waals surface area contributed by atoms with Crippen molar-refractivity contribution >= 4 is 5.71 Å². The zero-order valence-corrected chi connectivity index (χ0v) is 11.8. The minimum atomic E-state index is 0.267. The Labute approximate surface area is 116 Å². The predicted octanol–water partition coefficient (Wildman–Crippen LogP) is 4.33. The van der Waals surface area contributed by atoms with E-state index in [1.165, 1.54) is 38.5 Å². The van der Waals surface area contributed by atoms with Gasteiger partial charge in [-0.25, -0.2) is 0 Å². The molecule has 1 aliphatic rings. The van der Waals surface area contributed by atoms with Crippen molar-refractivity contribution in [1.82, 2.24) is 4.98 Å². The van der Waals surface area contributed by atoms with Crippen LogP contribution in [0.3, 0.4) is 0 Å². The third kappa shape index (κ3) is 4.66. The van der Waals surface area contributed by atoms with Crippen LogP contribution in [0.5, 0.6) is 0 Å². The van der Waals surface area contributed by atoms with Crippen molar-refractivity contribution in [3.63, 3.8) is 0 Å². The molecule has 0 spiro atoms. The zero-order chi connectivity index (χ0) is 13.3. The average molecular weight is 260 g/mol. The lowest BCUT2D eigenvalue weighted by molar-refractivity contribution is 0.0770. The van der Waals surface area contributed by atoms with E-state index in [2.05, 4.69) is 17.1 Å². The van der Waals surface area contributed by atoms with Gasteiger partial charge in [-0.2, -0.15) is 0 Å². The van der Waals surface area contributed by atoms with Gasteiger partial charge in [0.2, 0.25) is 0 Å². The Morgan fingerprint density at radius 1 is 1.16 bits per heavy atom. The lowest BCUT2D eigenvalue weighted by Crippen LogP contribution is -2.09. The molecule has 2 heterocycles. The second-order valence-electron chi connectivity index (χ2n) is 5.24. The molecule has 1 aromatic rings. The highest BCUT2D eigenvalue weighted by Gasteiger charge is 2.22. The first kappa shape index (κ1) is 14.0. The molecule has 2 rings (SSSR count). The number of unbranched alkanes of at least 4 members (excludes halogenated alkanes) is 5. The molecule has 104 valence electrons. The monoisotopic (exact) mass is 260 g/mol. The summed E-state index contributed by atoms with van der Waals surface area (Å²) in [4.78, 5) is 9.81. The van der Waals surface area contributed by atoms with Crippen LogP contribution in [0.15, 0.2) is 29.6 Å². The Kier molecular flexibility index (Phi) is 5.86. The Bertz CT molecular complexity index is 389. The molecule has 0 saturated carbocycles. The minimum Gasteiger partial charge on any atom is -0.392 e. The van der Waals surface area contributed by atoms with Gasteiger partial charge in [0, 0.05) is 12.6 Å². The normalized spacial score (nSPS) is 18.2. The van der Waals surface area contributed by atoms with Crippen LogP contribution in [0, 0.1) is 0 Å². The summed E-state index contributed by atoms with van der Waals surface area (Å²) in [6, 6.07) is 5.91. The van der Waals surface area contributed by atoms with Gasteiger partial charge in [-0.15, -0.1) is 0 Å². The molecule has 3 nitrogen and oxygen atoms in total. The molecule has 0 fully saturated rings. The van der Waals surface area contributed by atoms with E-state index in [9.17, 15) is 0 Å². The molecule has 1 aromatic heterocycles. The number of rotatable bonds is 8. The van der Waals surface area contributed by atoms with Crippen LogP contribution >= 0.6 is 0 Å². The molecular weight excluding hydrogens is 236 g/mol. The molecule has 0 bridgehead atoms. The Balaban J connectivity index is 1.62. The maximum atomic E-state index is 5.50. The summed E-state index contributed by atoms with van der Waals surface area (Å²) in [5.41, 5.74) is 1.95. The molecule has 0 aromatic carbocycles. The lowest BCUT2D eigenvalue weighted by atomic mass is 10.0. The summed E-state index contributed by atoms with van der Waals surface area (Å²) in [5.74, 6) is 0. The highest BCUT2D eigenvalue weighted by Crippen LogP contribution is 2.20. The molecule has 1 atom stereocenters. The average Bonchev–Trinajstić information content (AvgIpc) is 2.92. The zero-order valence-electron chi connectivity index (χ0n) is 11.8. The fraction of sp³-hybridized carbons (Fsp3) is 0.625. The van der Waals surface area contributed by atoms with E-state index in [4.69, 9.17) is 4.84 Å². The quantitative estimate of drug-likeness (QED) is 0.652. The van der Waals surface area contributed by atoms with Gasteiger partial charge in [-0.1, -0.05) is 50.2 Å². The van der Waals surface area contributed by atoms with E-state index in [0.717, 1.165) is 24.2 Å². The smallest absolute Gasteiger partial charge is 0.133 e. The van der Waals surface area contributed by atoms with E-state index in [1.807, 2.05) is 18.2 Å². The van der Waals surface area contributed by atoms with Crippen molar-refractivity contribution in [2.45, 2.75) is 64.4 Å². The molecular formula is C16H24N2O. The van der Waals surface area contributed by atoms with Crippen molar-refractivity contribution in [2.24, 2.45) is 5.16 Å². The second kappa shape index (κ2) is 7.93. The Hall–Kier alpha value is -1.38. The molecule has 0 amide bonds. The fourth-order valence-corrected chi connectivity index (χ4v) is 2.42. The Morgan fingerprint density at radius 3 is 2.79 bits per heavy atom. The van der Waals surface area contributed by atoms with Crippen molar-refractivity contribution in [2.75, 3.05) is 0 Å². The lowest BCUT2D eigenvalue weighted by Gasteiger charge is -2.07. The van der Waals surface area contributed by atoms with Crippen LogP contribution in [0.4, 0.5) is 0 Å². The number of hydrogen-bond acceptors (Lipinski definition) is 3. The van der Waals surface area contributed by atoms with E-state index in [1.54, 1.807) is 6.20 Å². The number of hydrogen-bond donors (Lipinski definition) is 0. The van der Waals surface area contributed by atoms with E-state index in [0.29, 0.717) is 0 Å². The summed E-state index contributed by atoms with van der Waals surface area (Å²) >= 11 is 0. The van der Waals surface area contributed by atoms with Gasteiger partial charge >= 0.3 is 0 Å². The van der Waals surface area contributed by atoms with Gasteiger partial charge in [0.05, 0.1) is 5.69 Å². The molecule has 0 saturated heterocycles. The van der Waals surface area contributed by atoms with E-state index < -0.39 is 0 Å². The molecule has 0 N–H and O–H groups in total. The number of aromatic nitrogens is 1. The second-order valence-corrected chi connectivity index (χ2v) is 5.24. The first-order valence-corrected chi connectivity index (χ1v) is 7.54. The first-order valence-electron chi connectivity index (χ1n) is 7.54. The molecule has 3 heteroatoms. The molecule has 19 heavy (non-hydrogen) atoms. The third-order valence-electron chi connectivity index (χ3n) is 3.57. The highest BCUT2D eigenvalue weighted by molar-refractivity contribution is 5.99.